The van der Waals surface area contributed by atoms with Crippen molar-refractivity contribution in [2.45, 2.75) is 32.9 Å². The van der Waals surface area contributed by atoms with Gasteiger partial charge in [0.15, 0.2) is 0 Å². The predicted molar refractivity (Wildman–Crippen MR) is 66.1 cm³/mol. The lowest BCUT2D eigenvalue weighted by molar-refractivity contribution is -0.139. The maximum atomic E-state index is 12.6. The Morgan fingerprint density at radius 2 is 1.83 bits per heavy atom. The van der Waals surface area contributed by atoms with Crippen molar-refractivity contribution in [2.24, 2.45) is 0 Å². The Bertz CT molecular complexity index is 418. The maximum absolute atomic E-state index is 12.6. The molecule has 0 radical (unpaired) electrons. The molecule has 0 bridgehead atoms. The number of carbonyl (C=O) groups is 2. The molecule has 1 rings (SSSR count). The van der Waals surface area contributed by atoms with Crippen LogP contribution in [0.15, 0.2) is 24.3 Å². The molecule has 18 heavy (non-hydrogen) atoms. The molecule has 2 N–H and O–H groups in total. The fraction of sp³-hybridized carbons (Fsp3) is 0.385. The van der Waals surface area contributed by atoms with Gasteiger partial charge in [0, 0.05) is 12.6 Å². The number of hydrogen-bond donors (Lipinski definition) is 2. The average Bonchev–Trinajstić information content (AvgIpc) is 2.37. The molecular formula is C13H17FN2O2. The number of hydrogen-bond acceptors (Lipinski definition) is 2. The molecule has 0 unspecified atom stereocenters. The molecule has 0 aromatic heterocycles. The fourth-order valence-electron chi connectivity index (χ4n) is 1.26. The summed E-state index contributed by atoms with van der Waals surface area (Å²) in [5, 5.41) is 5.04. The lowest BCUT2D eigenvalue weighted by atomic mass is 10.2. The van der Waals surface area contributed by atoms with Gasteiger partial charge in [-0.2, -0.15) is 0 Å². The molecule has 1 atom stereocenters. The highest BCUT2D eigenvalue weighted by Gasteiger charge is 2.14. The average molecular weight is 252 g/mol. The van der Waals surface area contributed by atoms with Crippen molar-refractivity contribution < 1.29 is 14.0 Å². The third-order valence-corrected chi connectivity index (χ3v) is 2.56. The van der Waals surface area contributed by atoms with E-state index in [2.05, 4.69) is 10.6 Å². The summed E-state index contributed by atoms with van der Waals surface area (Å²) >= 11 is 0. The first-order valence-corrected chi connectivity index (χ1v) is 5.86. The summed E-state index contributed by atoms with van der Waals surface area (Å²) in [4.78, 5) is 22.8. The van der Waals surface area contributed by atoms with Crippen LogP contribution in [-0.4, -0.2) is 17.9 Å². The Balaban J connectivity index is 2.41. The van der Waals surface area contributed by atoms with Crippen molar-refractivity contribution >= 4 is 11.8 Å². The largest absolute Gasteiger partial charge is 0.345 e. The first-order chi connectivity index (χ1) is 8.52. The van der Waals surface area contributed by atoms with Crippen molar-refractivity contribution in [1.82, 2.24) is 10.6 Å². The van der Waals surface area contributed by atoms with Gasteiger partial charge in [0.2, 0.25) is 0 Å². The number of benzene rings is 1. The normalized spacial score (nSPS) is 11.7. The van der Waals surface area contributed by atoms with Gasteiger partial charge in [0.1, 0.15) is 5.82 Å². The van der Waals surface area contributed by atoms with Gasteiger partial charge in [-0.3, -0.25) is 9.59 Å². The van der Waals surface area contributed by atoms with E-state index in [1.165, 1.54) is 12.1 Å². The van der Waals surface area contributed by atoms with E-state index < -0.39 is 11.8 Å². The van der Waals surface area contributed by atoms with Crippen molar-refractivity contribution in [3.63, 3.8) is 0 Å². The van der Waals surface area contributed by atoms with Gasteiger partial charge < -0.3 is 10.6 Å². The summed E-state index contributed by atoms with van der Waals surface area (Å²) < 4.78 is 12.6. The molecule has 1 aromatic rings. The first kappa shape index (κ1) is 14.2. The summed E-state index contributed by atoms with van der Waals surface area (Å²) in [6.07, 6.45) is 0.761. The van der Waals surface area contributed by atoms with E-state index in [1.54, 1.807) is 12.1 Å². The second kappa shape index (κ2) is 6.74. The third kappa shape index (κ3) is 4.53. The first-order valence-electron chi connectivity index (χ1n) is 5.86. The van der Waals surface area contributed by atoms with Crippen LogP contribution >= 0.6 is 0 Å². The SMILES string of the molecule is CC[C@@H](C)NC(=O)C(=O)NCc1ccc(F)cc1. The number of rotatable bonds is 4. The van der Waals surface area contributed by atoms with Gasteiger partial charge in [-0.25, -0.2) is 4.39 Å². The quantitative estimate of drug-likeness (QED) is 0.795. The van der Waals surface area contributed by atoms with E-state index in [-0.39, 0.29) is 18.4 Å². The van der Waals surface area contributed by atoms with E-state index in [1.807, 2.05) is 13.8 Å². The van der Waals surface area contributed by atoms with Crippen molar-refractivity contribution in [2.75, 3.05) is 0 Å². The van der Waals surface area contributed by atoms with Gasteiger partial charge in [-0.15, -0.1) is 0 Å². The summed E-state index contributed by atoms with van der Waals surface area (Å²) in [7, 11) is 0. The van der Waals surface area contributed by atoms with Gasteiger partial charge in [-0.1, -0.05) is 19.1 Å². The molecule has 1 aromatic carbocycles. The van der Waals surface area contributed by atoms with Gasteiger partial charge in [-0.05, 0) is 31.0 Å². The molecule has 4 nitrogen and oxygen atoms in total. The lowest BCUT2D eigenvalue weighted by Gasteiger charge is -2.11. The van der Waals surface area contributed by atoms with Gasteiger partial charge in [0.05, 0.1) is 0 Å². The number of halogens is 1. The molecule has 0 heterocycles. The van der Waals surface area contributed by atoms with Crippen molar-refractivity contribution in [3.8, 4) is 0 Å². The van der Waals surface area contributed by atoms with Crippen LogP contribution in [-0.2, 0) is 16.1 Å². The number of nitrogens with one attached hydrogen (secondary N) is 2. The number of amides is 2. The Kier molecular flexibility index (Phi) is 5.30. The van der Waals surface area contributed by atoms with Crippen LogP contribution < -0.4 is 10.6 Å². The van der Waals surface area contributed by atoms with Crippen molar-refractivity contribution in [3.05, 3.63) is 35.6 Å². The summed E-state index contributed by atoms with van der Waals surface area (Å²) in [5.41, 5.74) is 0.737. The maximum Gasteiger partial charge on any atom is 0.309 e. The van der Waals surface area contributed by atoms with Crippen LogP contribution in [0, 0.1) is 5.82 Å². The Hall–Kier alpha value is -1.91. The van der Waals surface area contributed by atoms with Gasteiger partial charge >= 0.3 is 11.8 Å². The van der Waals surface area contributed by atoms with E-state index in [4.69, 9.17) is 0 Å². The van der Waals surface area contributed by atoms with E-state index in [9.17, 15) is 14.0 Å². The Morgan fingerprint density at radius 1 is 1.22 bits per heavy atom. The number of carbonyl (C=O) groups excluding carboxylic acids is 2. The minimum atomic E-state index is -0.681. The predicted octanol–water partition coefficient (Wildman–Crippen LogP) is 1.36. The molecule has 0 fully saturated rings. The Morgan fingerprint density at radius 3 is 2.39 bits per heavy atom. The molecule has 0 aliphatic rings. The molecule has 0 saturated heterocycles. The van der Waals surface area contributed by atoms with E-state index in [0.717, 1.165) is 12.0 Å². The molecule has 2 amide bonds. The highest BCUT2D eigenvalue weighted by Crippen LogP contribution is 2.01. The van der Waals surface area contributed by atoms with Crippen LogP contribution in [0.1, 0.15) is 25.8 Å². The summed E-state index contributed by atoms with van der Waals surface area (Å²) in [6.45, 7) is 3.94. The zero-order valence-corrected chi connectivity index (χ0v) is 10.5. The molecule has 5 heteroatoms. The van der Waals surface area contributed by atoms with Crippen LogP contribution in [0.4, 0.5) is 4.39 Å². The smallest absolute Gasteiger partial charge is 0.309 e. The van der Waals surface area contributed by atoms with Crippen LogP contribution in [0.3, 0.4) is 0 Å². The zero-order chi connectivity index (χ0) is 13.5. The standard InChI is InChI=1S/C13H17FN2O2/c1-3-9(2)16-13(18)12(17)15-8-10-4-6-11(14)7-5-10/h4-7,9H,3,8H2,1-2H3,(H,15,17)(H,16,18)/t9-/m1/s1. The van der Waals surface area contributed by atoms with Crippen molar-refractivity contribution in [1.29, 1.82) is 0 Å². The fourth-order valence-corrected chi connectivity index (χ4v) is 1.26. The Labute approximate surface area is 106 Å². The zero-order valence-electron chi connectivity index (χ0n) is 10.5. The topological polar surface area (TPSA) is 58.2 Å². The molecular weight excluding hydrogens is 235 g/mol. The molecule has 0 spiro atoms. The van der Waals surface area contributed by atoms with Gasteiger partial charge in [0.25, 0.3) is 0 Å². The molecule has 0 saturated carbocycles. The monoisotopic (exact) mass is 252 g/mol. The van der Waals surface area contributed by atoms with E-state index >= 15 is 0 Å². The van der Waals surface area contributed by atoms with Crippen LogP contribution in [0.5, 0.6) is 0 Å². The second-order valence-electron chi connectivity index (χ2n) is 4.09. The molecule has 0 aliphatic heterocycles. The van der Waals surface area contributed by atoms with E-state index in [0.29, 0.717) is 0 Å². The lowest BCUT2D eigenvalue weighted by Crippen LogP contribution is -2.43. The molecule has 0 aliphatic carbocycles. The van der Waals surface area contributed by atoms with Crippen LogP contribution in [0.25, 0.3) is 0 Å². The summed E-state index contributed by atoms with van der Waals surface area (Å²) in [5.74, 6) is -1.66. The second-order valence-corrected chi connectivity index (χ2v) is 4.09. The highest BCUT2D eigenvalue weighted by atomic mass is 19.1. The minimum absolute atomic E-state index is 0.0333. The highest BCUT2D eigenvalue weighted by molar-refractivity contribution is 6.35. The third-order valence-electron chi connectivity index (χ3n) is 2.56. The molecule has 98 valence electrons. The van der Waals surface area contributed by atoms with Crippen LogP contribution in [0.2, 0.25) is 0 Å². The minimum Gasteiger partial charge on any atom is -0.345 e. The summed E-state index contributed by atoms with van der Waals surface area (Å²) in [6, 6.07) is 5.69.